The van der Waals surface area contributed by atoms with Crippen molar-refractivity contribution in [2.45, 2.75) is 38.1 Å². The largest absolute Gasteiger partial charge is 0.489 e. The van der Waals surface area contributed by atoms with Crippen LogP contribution in [0.15, 0.2) is 72.3 Å². The van der Waals surface area contributed by atoms with E-state index in [0.717, 1.165) is 34.2 Å². The topological polar surface area (TPSA) is 70.6 Å². The zero-order valence-electron chi connectivity index (χ0n) is 18.2. The highest BCUT2D eigenvalue weighted by atomic mass is 16.5. The smallest absolute Gasteiger partial charge is 0.274 e. The predicted octanol–water partition coefficient (Wildman–Crippen LogP) is 5.34. The highest BCUT2D eigenvalue weighted by Gasteiger charge is 2.13. The Bertz CT molecular complexity index is 1060. The summed E-state index contributed by atoms with van der Waals surface area (Å²) in [7, 11) is 0. The van der Waals surface area contributed by atoms with E-state index in [1.54, 1.807) is 17.6 Å². The summed E-state index contributed by atoms with van der Waals surface area (Å²) in [6, 6.07) is 22.1. The first-order chi connectivity index (χ1) is 15.7. The number of amides is 1. The molecule has 0 heterocycles. The average molecular weight is 431 g/mol. The summed E-state index contributed by atoms with van der Waals surface area (Å²) in [6.45, 7) is 1.24. The van der Waals surface area contributed by atoms with E-state index in [4.69, 9.17) is 9.94 Å². The van der Waals surface area contributed by atoms with Crippen molar-refractivity contribution < 1.29 is 14.7 Å². The van der Waals surface area contributed by atoms with Crippen LogP contribution in [0.4, 0.5) is 0 Å². The Morgan fingerprint density at radius 3 is 2.50 bits per heavy atom. The van der Waals surface area contributed by atoms with Crippen LogP contribution in [0.3, 0.4) is 0 Å². The summed E-state index contributed by atoms with van der Waals surface area (Å²) in [6.07, 6.45) is 8.47. The highest BCUT2D eigenvalue weighted by molar-refractivity contribution is 5.93. The number of hydroxylamine groups is 1. The normalized spacial score (nSPS) is 15.0. The fraction of sp³-hybridized carbons (Fsp3) is 0.296. The molecule has 5 heteroatoms. The monoisotopic (exact) mass is 430 g/mol. The van der Waals surface area contributed by atoms with E-state index in [-0.39, 0.29) is 0 Å². The molecule has 1 amide bonds. The molecule has 4 rings (SSSR count). The van der Waals surface area contributed by atoms with E-state index in [0.29, 0.717) is 18.2 Å². The number of nitrogens with one attached hydrogen (secondary N) is 2. The fourth-order valence-corrected chi connectivity index (χ4v) is 4.25. The standard InChI is InChI=1S/C27H30N2O3/c30-27(29-31)23-15-13-20(14-16-23)17-21(18-28-24-9-2-1-3-10-24)19-32-26-12-6-8-22-7-4-5-11-25(22)26/h4-8,11-17,24,28,31H,1-3,9-10,18-19H2,(H,29,30). The maximum atomic E-state index is 11.6. The average Bonchev–Trinajstić information content (AvgIpc) is 2.86. The van der Waals surface area contributed by atoms with E-state index in [1.807, 2.05) is 36.4 Å². The third-order valence-corrected chi connectivity index (χ3v) is 6.03. The number of fused-ring (bicyclic) bond motifs is 1. The Morgan fingerprint density at radius 1 is 0.969 bits per heavy atom. The second kappa shape index (κ2) is 10.9. The summed E-state index contributed by atoms with van der Waals surface area (Å²) in [5.74, 6) is 0.362. The summed E-state index contributed by atoms with van der Waals surface area (Å²) in [4.78, 5) is 11.6. The molecule has 0 saturated heterocycles. The first-order valence-corrected chi connectivity index (χ1v) is 11.3. The minimum atomic E-state index is -0.515. The van der Waals surface area contributed by atoms with Crippen LogP contribution in [-0.4, -0.2) is 30.3 Å². The molecule has 5 nitrogen and oxygen atoms in total. The van der Waals surface area contributed by atoms with Crippen LogP contribution in [0.2, 0.25) is 0 Å². The summed E-state index contributed by atoms with van der Waals surface area (Å²) in [5.41, 5.74) is 4.21. The summed E-state index contributed by atoms with van der Waals surface area (Å²) in [5, 5.41) is 14.8. The van der Waals surface area contributed by atoms with Gasteiger partial charge in [0.1, 0.15) is 12.4 Å². The van der Waals surface area contributed by atoms with Crippen LogP contribution >= 0.6 is 0 Å². The molecular weight excluding hydrogens is 400 g/mol. The van der Waals surface area contributed by atoms with Gasteiger partial charge in [0, 0.05) is 23.5 Å². The molecule has 0 aromatic heterocycles. The van der Waals surface area contributed by atoms with Crippen molar-refractivity contribution in [3.8, 4) is 5.75 Å². The Balaban J connectivity index is 1.51. The number of carbonyl (C=O) groups is 1. The second-order valence-corrected chi connectivity index (χ2v) is 8.35. The van der Waals surface area contributed by atoms with Crippen LogP contribution < -0.4 is 15.5 Å². The lowest BCUT2D eigenvalue weighted by atomic mass is 9.95. The number of rotatable bonds is 8. The maximum Gasteiger partial charge on any atom is 0.274 e. The van der Waals surface area contributed by atoms with Crippen LogP contribution in [0.25, 0.3) is 16.8 Å². The Labute approximate surface area is 189 Å². The quantitative estimate of drug-likeness (QED) is 0.333. The van der Waals surface area contributed by atoms with E-state index < -0.39 is 5.91 Å². The van der Waals surface area contributed by atoms with Crippen LogP contribution in [0, 0.1) is 0 Å². The molecule has 1 aliphatic rings. The van der Waals surface area contributed by atoms with Gasteiger partial charge in [0.05, 0.1) is 0 Å². The van der Waals surface area contributed by atoms with Gasteiger partial charge < -0.3 is 10.1 Å². The number of ether oxygens (including phenoxy) is 1. The van der Waals surface area contributed by atoms with E-state index in [1.165, 1.54) is 32.1 Å². The maximum absolute atomic E-state index is 11.6. The minimum absolute atomic E-state index is 0.415. The molecule has 0 aliphatic heterocycles. The molecule has 3 N–H and O–H groups in total. The van der Waals surface area contributed by atoms with Gasteiger partial charge >= 0.3 is 0 Å². The lowest BCUT2D eigenvalue weighted by Crippen LogP contribution is -2.33. The molecule has 32 heavy (non-hydrogen) atoms. The van der Waals surface area contributed by atoms with Crippen molar-refractivity contribution in [3.63, 3.8) is 0 Å². The molecule has 0 unspecified atom stereocenters. The molecule has 0 radical (unpaired) electrons. The zero-order valence-corrected chi connectivity index (χ0v) is 18.2. The van der Waals surface area contributed by atoms with Crippen LogP contribution in [-0.2, 0) is 0 Å². The number of benzene rings is 3. The third kappa shape index (κ3) is 5.75. The SMILES string of the molecule is O=C(NO)c1ccc(C=C(CNC2CCCCC2)COc2cccc3ccccc23)cc1. The molecule has 3 aromatic carbocycles. The van der Waals surface area contributed by atoms with Gasteiger partial charge in [0.2, 0.25) is 0 Å². The molecule has 0 spiro atoms. The van der Waals surface area contributed by atoms with Gasteiger partial charge in [-0.25, -0.2) is 5.48 Å². The van der Waals surface area contributed by atoms with Gasteiger partial charge in [-0.05, 0) is 47.6 Å². The van der Waals surface area contributed by atoms with E-state index in [2.05, 4.69) is 29.6 Å². The lowest BCUT2D eigenvalue weighted by molar-refractivity contribution is 0.0706. The fourth-order valence-electron chi connectivity index (χ4n) is 4.25. The van der Waals surface area contributed by atoms with Crippen molar-refractivity contribution in [2.75, 3.05) is 13.2 Å². The van der Waals surface area contributed by atoms with Gasteiger partial charge in [-0.3, -0.25) is 10.0 Å². The zero-order chi connectivity index (χ0) is 22.2. The number of carbonyl (C=O) groups excluding carboxylic acids is 1. The molecule has 1 saturated carbocycles. The Morgan fingerprint density at radius 2 is 1.72 bits per heavy atom. The van der Waals surface area contributed by atoms with Crippen molar-refractivity contribution in [1.82, 2.24) is 10.8 Å². The highest BCUT2D eigenvalue weighted by Crippen LogP contribution is 2.26. The second-order valence-electron chi connectivity index (χ2n) is 8.35. The molecule has 0 bridgehead atoms. The molecule has 166 valence electrons. The van der Waals surface area contributed by atoms with Gasteiger partial charge in [-0.1, -0.05) is 73.9 Å². The summed E-state index contributed by atoms with van der Waals surface area (Å²) >= 11 is 0. The van der Waals surface area contributed by atoms with Gasteiger partial charge in [0.25, 0.3) is 5.91 Å². The molecule has 1 aliphatic carbocycles. The number of hydrogen-bond acceptors (Lipinski definition) is 4. The first-order valence-electron chi connectivity index (χ1n) is 11.3. The predicted molar refractivity (Wildman–Crippen MR) is 128 cm³/mol. The van der Waals surface area contributed by atoms with Crippen molar-refractivity contribution in [2.24, 2.45) is 0 Å². The number of hydrogen-bond donors (Lipinski definition) is 3. The van der Waals surface area contributed by atoms with E-state index >= 15 is 0 Å². The van der Waals surface area contributed by atoms with Gasteiger partial charge in [-0.15, -0.1) is 0 Å². The summed E-state index contributed by atoms with van der Waals surface area (Å²) < 4.78 is 6.27. The van der Waals surface area contributed by atoms with Crippen LogP contribution in [0.1, 0.15) is 48.0 Å². The van der Waals surface area contributed by atoms with Crippen molar-refractivity contribution >= 4 is 22.8 Å². The molecule has 3 aromatic rings. The van der Waals surface area contributed by atoms with Gasteiger partial charge in [-0.2, -0.15) is 0 Å². The molecule has 1 fully saturated rings. The molecule has 0 atom stereocenters. The minimum Gasteiger partial charge on any atom is -0.489 e. The van der Waals surface area contributed by atoms with E-state index in [9.17, 15) is 4.79 Å². The van der Waals surface area contributed by atoms with Crippen LogP contribution in [0.5, 0.6) is 5.75 Å². The lowest BCUT2D eigenvalue weighted by Gasteiger charge is -2.23. The first kappa shape index (κ1) is 22.1. The van der Waals surface area contributed by atoms with Crippen molar-refractivity contribution in [1.29, 1.82) is 0 Å². The Kier molecular flexibility index (Phi) is 7.54. The Hall–Kier alpha value is -3.15. The van der Waals surface area contributed by atoms with Crippen molar-refractivity contribution in [3.05, 3.63) is 83.4 Å². The molecular formula is C27H30N2O3. The van der Waals surface area contributed by atoms with Gasteiger partial charge in [0.15, 0.2) is 0 Å². The third-order valence-electron chi connectivity index (χ3n) is 6.03.